The molecule has 1 aliphatic rings. The van der Waals surface area contributed by atoms with E-state index in [2.05, 4.69) is 20.3 Å². The number of thiazole rings is 1. The van der Waals surface area contributed by atoms with E-state index in [0.29, 0.717) is 22.1 Å². The Morgan fingerprint density at radius 1 is 1.25 bits per heavy atom. The number of nitrogens with zero attached hydrogens (tertiary/aromatic N) is 4. The number of hydrogen-bond donors (Lipinski definition) is 1. The van der Waals surface area contributed by atoms with Crippen molar-refractivity contribution in [1.29, 1.82) is 0 Å². The summed E-state index contributed by atoms with van der Waals surface area (Å²) in [5.74, 6) is -0.679. The zero-order chi connectivity index (χ0) is 19.5. The van der Waals surface area contributed by atoms with Gasteiger partial charge in [-0.2, -0.15) is 5.10 Å². The fourth-order valence-corrected chi connectivity index (χ4v) is 4.14. The zero-order valence-corrected chi connectivity index (χ0v) is 16.5. The highest BCUT2D eigenvalue weighted by molar-refractivity contribution is 7.14. The molecule has 1 fully saturated rings. The van der Waals surface area contributed by atoms with Gasteiger partial charge in [0.15, 0.2) is 5.13 Å². The summed E-state index contributed by atoms with van der Waals surface area (Å²) < 4.78 is 15.5. The monoisotopic (exact) mass is 399 g/mol. The lowest BCUT2D eigenvalue weighted by Crippen LogP contribution is -2.29. The van der Waals surface area contributed by atoms with E-state index in [9.17, 15) is 9.18 Å². The molecular weight excluding hydrogens is 377 g/mol. The largest absolute Gasteiger partial charge is 0.298 e. The summed E-state index contributed by atoms with van der Waals surface area (Å²) in [6, 6.07) is 6.36. The van der Waals surface area contributed by atoms with Gasteiger partial charge in [-0.25, -0.2) is 14.1 Å². The van der Waals surface area contributed by atoms with Gasteiger partial charge >= 0.3 is 0 Å². The van der Waals surface area contributed by atoms with Crippen molar-refractivity contribution in [2.24, 2.45) is 0 Å². The van der Waals surface area contributed by atoms with Crippen LogP contribution in [0.5, 0.6) is 0 Å². The number of amides is 1. The molecule has 0 unspecified atom stereocenters. The number of likely N-dealkylation sites (tertiary alicyclic amines) is 1. The molecule has 0 atom stereocenters. The molecule has 0 bridgehead atoms. The molecular formula is C20H22FN5OS. The number of hydrogen-bond acceptors (Lipinski definition) is 5. The van der Waals surface area contributed by atoms with Gasteiger partial charge in [0.1, 0.15) is 11.5 Å². The highest BCUT2D eigenvalue weighted by atomic mass is 32.1. The Labute approximate surface area is 167 Å². The van der Waals surface area contributed by atoms with Crippen molar-refractivity contribution < 1.29 is 9.18 Å². The quantitative estimate of drug-likeness (QED) is 0.704. The SMILES string of the molecule is Cc1c(C(=O)Nc2nc(CN3CCCCC3)cs2)cnn1-c1ccccc1F. The smallest absolute Gasteiger partial charge is 0.260 e. The van der Waals surface area contributed by atoms with Crippen LogP contribution >= 0.6 is 11.3 Å². The molecule has 1 aliphatic heterocycles. The van der Waals surface area contributed by atoms with Gasteiger partial charge in [0.05, 0.1) is 23.1 Å². The lowest BCUT2D eigenvalue weighted by atomic mass is 10.1. The number of piperidine rings is 1. The van der Waals surface area contributed by atoms with E-state index in [1.54, 1.807) is 25.1 Å². The second-order valence-electron chi connectivity index (χ2n) is 6.94. The van der Waals surface area contributed by atoms with Gasteiger partial charge in [-0.1, -0.05) is 18.6 Å². The van der Waals surface area contributed by atoms with Gasteiger partial charge in [0, 0.05) is 11.9 Å². The Morgan fingerprint density at radius 2 is 2.04 bits per heavy atom. The molecule has 1 N–H and O–H groups in total. The molecule has 0 saturated carbocycles. The van der Waals surface area contributed by atoms with Crippen molar-refractivity contribution in [2.75, 3.05) is 18.4 Å². The average molecular weight is 399 g/mol. The zero-order valence-electron chi connectivity index (χ0n) is 15.7. The summed E-state index contributed by atoms with van der Waals surface area (Å²) in [4.78, 5) is 19.6. The molecule has 0 radical (unpaired) electrons. The number of benzene rings is 1. The summed E-state index contributed by atoms with van der Waals surface area (Å²) >= 11 is 1.42. The third-order valence-corrected chi connectivity index (χ3v) is 5.75. The first-order valence-corrected chi connectivity index (χ1v) is 10.3. The molecule has 1 saturated heterocycles. The van der Waals surface area contributed by atoms with Gasteiger partial charge in [-0.3, -0.25) is 15.0 Å². The minimum Gasteiger partial charge on any atom is -0.298 e. The van der Waals surface area contributed by atoms with Crippen LogP contribution in [0, 0.1) is 12.7 Å². The molecule has 146 valence electrons. The van der Waals surface area contributed by atoms with Crippen molar-refractivity contribution in [2.45, 2.75) is 32.7 Å². The summed E-state index contributed by atoms with van der Waals surface area (Å²) in [5.41, 5.74) is 2.27. The highest BCUT2D eigenvalue weighted by Gasteiger charge is 2.18. The standard InChI is InChI=1S/C20H22FN5OS/c1-14-16(11-22-26(14)18-8-4-3-7-17(18)21)19(27)24-20-23-15(13-28-20)12-25-9-5-2-6-10-25/h3-4,7-8,11,13H,2,5-6,9-10,12H2,1H3,(H,23,24,27). The second-order valence-corrected chi connectivity index (χ2v) is 7.80. The van der Waals surface area contributed by atoms with Gasteiger partial charge in [0.25, 0.3) is 5.91 Å². The Morgan fingerprint density at radius 3 is 2.82 bits per heavy atom. The van der Waals surface area contributed by atoms with E-state index < -0.39 is 0 Å². The Balaban J connectivity index is 1.45. The van der Waals surface area contributed by atoms with Crippen molar-refractivity contribution in [3.05, 3.63) is 58.6 Å². The van der Waals surface area contributed by atoms with E-state index in [-0.39, 0.29) is 11.7 Å². The first kappa shape index (κ1) is 18.8. The van der Waals surface area contributed by atoms with Crippen molar-refractivity contribution in [3.8, 4) is 5.69 Å². The first-order chi connectivity index (χ1) is 13.6. The lowest BCUT2D eigenvalue weighted by Gasteiger charge is -2.25. The number of carbonyl (C=O) groups is 1. The van der Waals surface area contributed by atoms with Gasteiger partial charge in [-0.15, -0.1) is 11.3 Å². The van der Waals surface area contributed by atoms with Crippen LogP contribution < -0.4 is 5.32 Å². The number of nitrogens with one attached hydrogen (secondary N) is 1. The molecule has 4 rings (SSSR count). The number of aromatic nitrogens is 3. The molecule has 3 aromatic rings. The molecule has 6 nitrogen and oxygen atoms in total. The van der Waals surface area contributed by atoms with Crippen LogP contribution in [0.3, 0.4) is 0 Å². The maximum Gasteiger partial charge on any atom is 0.260 e. The molecule has 2 aromatic heterocycles. The van der Waals surface area contributed by atoms with E-state index in [4.69, 9.17) is 0 Å². The van der Waals surface area contributed by atoms with Gasteiger partial charge in [0.2, 0.25) is 0 Å². The fraction of sp³-hybridized carbons (Fsp3) is 0.350. The van der Waals surface area contributed by atoms with Crippen LogP contribution in [-0.4, -0.2) is 38.7 Å². The molecule has 1 aromatic carbocycles. The topological polar surface area (TPSA) is 63.1 Å². The molecule has 0 spiro atoms. The number of anilines is 1. The minimum absolute atomic E-state index is 0.293. The summed E-state index contributed by atoms with van der Waals surface area (Å²) in [6.07, 6.45) is 5.23. The van der Waals surface area contributed by atoms with Crippen molar-refractivity contribution in [3.63, 3.8) is 0 Å². The number of rotatable bonds is 5. The third-order valence-electron chi connectivity index (χ3n) is 4.94. The van der Waals surface area contributed by atoms with E-state index in [1.165, 1.54) is 47.5 Å². The number of carbonyl (C=O) groups excluding carboxylic acids is 1. The van der Waals surface area contributed by atoms with Crippen LogP contribution in [0.25, 0.3) is 5.69 Å². The summed E-state index contributed by atoms with van der Waals surface area (Å²) in [6.45, 7) is 4.77. The normalized spacial score (nSPS) is 14.9. The minimum atomic E-state index is -0.386. The third kappa shape index (κ3) is 3.98. The predicted octanol–water partition coefficient (Wildman–Crippen LogP) is 4.01. The Kier molecular flexibility index (Phi) is 5.50. The maximum absolute atomic E-state index is 14.0. The predicted molar refractivity (Wildman–Crippen MR) is 107 cm³/mol. The van der Waals surface area contributed by atoms with Crippen molar-refractivity contribution in [1.82, 2.24) is 19.7 Å². The second kappa shape index (κ2) is 8.20. The van der Waals surface area contributed by atoms with Crippen LogP contribution in [0.4, 0.5) is 9.52 Å². The number of para-hydroxylation sites is 1. The molecule has 0 aliphatic carbocycles. The van der Waals surface area contributed by atoms with Crippen molar-refractivity contribution >= 4 is 22.4 Å². The molecule has 8 heteroatoms. The summed E-state index contributed by atoms with van der Waals surface area (Å²) in [5, 5.41) is 9.57. The summed E-state index contributed by atoms with van der Waals surface area (Å²) in [7, 11) is 0. The van der Waals surface area contributed by atoms with E-state index in [1.807, 2.05) is 5.38 Å². The Bertz CT molecular complexity index is 977. The van der Waals surface area contributed by atoms with Crippen LogP contribution in [-0.2, 0) is 6.54 Å². The fourth-order valence-electron chi connectivity index (χ4n) is 3.45. The average Bonchev–Trinajstić information content (AvgIpc) is 3.29. The van der Waals surface area contributed by atoms with Crippen LogP contribution in [0.15, 0.2) is 35.8 Å². The lowest BCUT2D eigenvalue weighted by molar-refractivity contribution is 0.102. The van der Waals surface area contributed by atoms with E-state index in [0.717, 1.165) is 25.3 Å². The molecule has 28 heavy (non-hydrogen) atoms. The number of halogens is 1. The molecule has 1 amide bonds. The van der Waals surface area contributed by atoms with Crippen LogP contribution in [0.2, 0.25) is 0 Å². The maximum atomic E-state index is 14.0. The van der Waals surface area contributed by atoms with Crippen LogP contribution in [0.1, 0.15) is 41.0 Å². The molecule has 3 heterocycles. The van der Waals surface area contributed by atoms with E-state index >= 15 is 0 Å². The first-order valence-electron chi connectivity index (χ1n) is 9.39. The van der Waals surface area contributed by atoms with Gasteiger partial charge < -0.3 is 0 Å². The van der Waals surface area contributed by atoms with Gasteiger partial charge in [-0.05, 0) is 45.0 Å². The highest BCUT2D eigenvalue weighted by Crippen LogP contribution is 2.21. The Hall–Kier alpha value is -2.58.